The van der Waals surface area contributed by atoms with E-state index in [9.17, 15) is 0 Å². The second-order valence-corrected chi connectivity index (χ2v) is 6.35. The summed E-state index contributed by atoms with van der Waals surface area (Å²) in [6, 6.07) is 4.45. The van der Waals surface area contributed by atoms with Gasteiger partial charge in [-0.15, -0.1) is 0 Å². The Morgan fingerprint density at radius 1 is 1.15 bits per heavy atom. The lowest BCUT2D eigenvalue weighted by atomic mass is 10.1. The normalized spacial score (nSPS) is 13.0. The van der Waals surface area contributed by atoms with Crippen molar-refractivity contribution in [3.05, 3.63) is 23.9 Å². The van der Waals surface area contributed by atoms with Crippen LogP contribution in [-0.2, 0) is 6.42 Å². The zero-order valence-electron chi connectivity index (χ0n) is 13.6. The van der Waals surface area contributed by atoms with Crippen molar-refractivity contribution in [3.63, 3.8) is 0 Å². The van der Waals surface area contributed by atoms with Crippen LogP contribution in [0.1, 0.15) is 26.3 Å². The molecule has 1 aromatic rings. The van der Waals surface area contributed by atoms with Gasteiger partial charge in [-0.2, -0.15) is 0 Å². The van der Waals surface area contributed by atoms with Crippen LogP contribution < -0.4 is 10.6 Å². The molecule has 0 amide bonds. The van der Waals surface area contributed by atoms with Gasteiger partial charge in [0.05, 0.1) is 0 Å². The van der Waals surface area contributed by atoms with Crippen LogP contribution in [0.5, 0.6) is 0 Å². The molecule has 0 saturated carbocycles. The van der Waals surface area contributed by atoms with Gasteiger partial charge in [-0.25, -0.2) is 4.98 Å². The van der Waals surface area contributed by atoms with Crippen molar-refractivity contribution in [2.45, 2.75) is 33.2 Å². The van der Waals surface area contributed by atoms with Crippen LogP contribution in [0.2, 0.25) is 0 Å². The molecule has 0 radical (unpaired) electrons. The molecule has 0 aromatic carbocycles. The molecular weight excluding hydrogens is 248 g/mol. The Morgan fingerprint density at radius 3 is 2.30 bits per heavy atom. The summed E-state index contributed by atoms with van der Waals surface area (Å²) in [7, 11) is 4.21. The second-order valence-electron chi connectivity index (χ2n) is 6.35. The highest BCUT2D eigenvalue weighted by Crippen LogP contribution is 2.14. The first kappa shape index (κ1) is 16.9. The second kappa shape index (κ2) is 8.22. The molecule has 1 unspecified atom stereocenters. The van der Waals surface area contributed by atoms with E-state index in [1.807, 2.05) is 13.1 Å². The van der Waals surface area contributed by atoms with Gasteiger partial charge in [0.2, 0.25) is 0 Å². The van der Waals surface area contributed by atoms with Crippen molar-refractivity contribution in [2.24, 2.45) is 11.7 Å². The van der Waals surface area contributed by atoms with E-state index in [1.54, 1.807) is 0 Å². The largest absolute Gasteiger partial charge is 0.355 e. The molecule has 0 aliphatic carbocycles. The maximum absolute atomic E-state index is 5.83. The summed E-state index contributed by atoms with van der Waals surface area (Å²) in [6.45, 7) is 9.59. The van der Waals surface area contributed by atoms with E-state index >= 15 is 0 Å². The minimum Gasteiger partial charge on any atom is -0.355 e. The Hall–Kier alpha value is -1.13. The summed E-state index contributed by atoms with van der Waals surface area (Å²) in [5.74, 6) is 1.69. The van der Waals surface area contributed by atoms with Crippen molar-refractivity contribution >= 4 is 5.82 Å². The fourth-order valence-electron chi connectivity index (χ4n) is 2.16. The van der Waals surface area contributed by atoms with Crippen molar-refractivity contribution in [1.29, 1.82) is 0 Å². The summed E-state index contributed by atoms with van der Waals surface area (Å²) in [5.41, 5.74) is 7.03. The van der Waals surface area contributed by atoms with Crippen LogP contribution in [0.4, 0.5) is 5.82 Å². The summed E-state index contributed by atoms with van der Waals surface area (Å²) in [5, 5.41) is 0. The molecule has 0 spiro atoms. The summed E-state index contributed by atoms with van der Waals surface area (Å²) in [6.07, 6.45) is 2.84. The Morgan fingerprint density at radius 2 is 1.85 bits per heavy atom. The predicted molar refractivity (Wildman–Crippen MR) is 87.2 cm³/mol. The molecule has 1 atom stereocenters. The Labute approximate surface area is 124 Å². The van der Waals surface area contributed by atoms with Crippen molar-refractivity contribution in [3.8, 4) is 0 Å². The van der Waals surface area contributed by atoms with Gasteiger partial charge in [0.1, 0.15) is 5.82 Å². The molecular formula is C16H30N4. The molecule has 0 saturated heterocycles. The van der Waals surface area contributed by atoms with Crippen LogP contribution >= 0.6 is 0 Å². The summed E-state index contributed by atoms with van der Waals surface area (Å²) >= 11 is 0. The maximum atomic E-state index is 5.83. The summed E-state index contributed by atoms with van der Waals surface area (Å²) in [4.78, 5) is 9.18. The SMILES string of the molecule is CC(C)CN(CCN(C)C)c1ccc(CC(C)N)cn1. The van der Waals surface area contributed by atoms with Gasteiger partial charge in [-0.05, 0) is 45.0 Å². The van der Waals surface area contributed by atoms with Crippen molar-refractivity contribution in [1.82, 2.24) is 9.88 Å². The highest BCUT2D eigenvalue weighted by Gasteiger charge is 2.10. The highest BCUT2D eigenvalue weighted by atomic mass is 15.2. The van der Waals surface area contributed by atoms with Gasteiger partial charge >= 0.3 is 0 Å². The van der Waals surface area contributed by atoms with Crippen LogP contribution in [-0.4, -0.2) is 49.7 Å². The average molecular weight is 278 g/mol. The van der Waals surface area contributed by atoms with Crippen molar-refractivity contribution in [2.75, 3.05) is 38.6 Å². The fraction of sp³-hybridized carbons (Fsp3) is 0.688. The Balaban J connectivity index is 2.73. The lowest BCUT2D eigenvalue weighted by Crippen LogP contribution is -2.35. The molecule has 114 valence electrons. The number of likely N-dealkylation sites (N-methyl/N-ethyl adjacent to an activating group) is 1. The molecule has 20 heavy (non-hydrogen) atoms. The van der Waals surface area contributed by atoms with E-state index in [4.69, 9.17) is 5.73 Å². The molecule has 0 fully saturated rings. The molecule has 1 rings (SSSR count). The molecule has 4 heteroatoms. The maximum Gasteiger partial charge on any atom is 0.128 e. The monoisotopic (exact) mass is 278 g/mol. The summed E-state index contributed by atoms with van der Waals surface area (Å²) < 4.78 is 0. The smallest absolute Gasteiger partial charge is 0.128 e. The Kier molecular flexibility index (Phi) is 6.96. The van der Waals surface area contributed by atoms with Gasteiger partial charge in [-0.1, -0.05) is 19.9 Å². The van der Waals surface area contributed by atoms with Crippen LogP contribution in [0, 0.1) is 5.92 Å². The molecule has 0 aliphatic heterocycles. The van der Waals surface area contributed by atoms with E-state index in [0.717, 1.165) is 31.9 Å². The zero-order chi connectivity index (χ0) is 15.1. The number of rotatable bonds is 8. The Bertz CT molecular complexity index is 371. The van der Waals surface area contributed by atoms with E-state index in [1.165, 1.54) is 5.56 Å². The number of pyridine rings is 1. The third-order valence-corrected chi connectivity index (χ3v) is 3.09. The van der Waals surface area contributed by atoms with Gasteiger partial charge in [-0.3, -0.25) is 0 Å². The molecule has 0 aliphatic rings. The lowest BCUT2D eigenvalue weighted by molar-refractivity contribution is 0.408. The molecule has 4 nitrogen and oxygen atoms in total. The molecule has 0 bridgehead atoms. The van der Waals surface area contributed by atoms with Gasteiger partial charge in [0.15, 0.2) is 0 Å². The quantitative estimate of drug-likeness (QED) is 0.790. The van der Waals surface area contributed by atoms with Crippen LogP contribution in [0.3, 0.4) is 0 Å². The van der Waals surface area contributed by atoms with Crippen LogP contribution in [0.25, 0.3) is 0 Å². The number of hydrogen-bond donors (Lipinski definition) is 1. The topological polar surface area (TPSA) is 45.4 Å². The first-order valence-corrected chi connectivity index (χ1v) is 7.48. The first-order chi connectivity index (χ1) is 9.38. The third kappa shape index (κ3) is 6.35. The first-order valence-electron chi connectivity index (χ1n) is 7.48. The van der Waals surface area contributed by atoms with Crippen molar-refractivity contribution < 1.29 is 0 Å². The molecule has 1 aromatic heterocycles. The highest BCUT2D eigenvalue weighted by molar-refractivity contribution is 5.39. The van der Waals surface area contributed by atoms with Gasteiger partial charge in [0.25, 0.3) is 0 Å². The number of hydrogen-bond acceptors (Lipinski definition) is 4. The third-order valence-electron chi connectivity index (χ3n) is 3.09. The number of aromatic nitrogens is 1. The van der Waals surface area contributed by atoms with E-state index in [0.29, 0.717) is 5.92 Å². The van der Waals surface area contributed by atoms with E-state index in [-0.39, 0.29) is 6.04 Å². The number of nitrogens with two attached hydrogens (primary N) is 1. The van der Waals surface area contributed by atoms with Gasteiger partial charge in [0, 0.05) is 31.9 Å². The molecule has 1 heterocycles. The van der Waals surface area contributed by atoms with Gasteiger partial charge < -0.3 is 15.5 Å². The van der Waals surface area contributed by atoms with E-state index in [2.05, 4.69) is 54.9 Å². The molecule has 2 N–H and O–H groups in total. The van der Waals surface area contributed by atoms with E-state index < -0.39 is 0 Å². The minimum atomic E-state index is 0.183. The average Bonchev–Trinajstić information content (AvgIpc) is 2.34. The minimum absolute atomic E-state index is 0.183. The van der Waals surface area contributed by atoms with Crippen LogP contribution in [0.15, 0.2) is 18.3 Å². The standard InChI is InChI=1S/C16H30N4/c1-13(2)12-20(9-8-19(4)5)16-7-6-15(11-18-16)10-14(3)17/h6-7,11,13-14H,8-10,12,17H2,1-5H3. The zero-order valence-corrected chi connectivity index (χ0v) is 13.6. The number of anilines is 1. The fourth-order valence-corrected chi connectivity index (χ4v) is 2.16. The lowest BCUT2D eigenvalue weighted by Gasteiger charge is -2.27. The predicted octanol–water partition coefficient (Wildman–Crippen LogP) is 2.00. The number of nitrogens with zero attached hydrogens (tertiary/aromatic N) is 3.